The third kappa shape index (κ3) is 5.29. The topological polar surface area (TPSA) is 73.0 Å². The first kappa shape index (κ1) is 19.9. The molecular formula is C19H28N4O3. The molecular weight excluding hydrogens is 332 g/mol. The number of hydrogen-bond donors (Lipinski definition) is 1. The van der Waals surface area contributed by atoms with Gasteiger partial charge in [-0.2, -0.15) is 0 Å². The highest BCUT2D eigenvalue weighted by molar-refractivity contribution is 5.97. The van der Waals surface area contributed by atoms with Crippen LogP contribution in [-0.2, 0) is 14.4 Å². The summed E-state index contributed by atoms with van der Waals surface area (Å²) in [6.45, 7) is 6.25. The fourth-order valence-corrected chi connectivity index (χ4v) is 3.08. The Bertz CT molecular complexity index is 658. The summed E-state index contributed by atoms with van der Waals surface area (Å²) < 4.78 is 0. The number of carbonyl (C=O) groups is 3. The molecule has 1 N–H and O–H groups in total. The number of nitrogens with zero attached hydrogens (tertiary/aromatic N) is 3. The van der Waals surface area contributed by atoms with Crippen LogP contribution in [0.5, 0.6) is 0 Å². The Kier molecular flexibility index (Phi) is 7.15. The van der Waals surface area contributed by atoms with E-state index in [1.165, 1.54) is 0 Å². The van der Waals surface area contributed by atoms with Crippen LogP contribution in [0.4, 0.5) is 11.4 Å². The van der Waals surface area contributed by atoms with Gasteiger partial charge in [-0.3, -0.25) is 19.3 Å². The first-order valence-electron chi connectivity index (χ1n) is 9.11. The first-order chi connectivity index (χ1) is 12.4. The van der Waals surface area contributed by atoms with Crippen LogP contribution in [0.1, 0.15) is 26.7 Å². The van der Waals surface area contributed by atoms with Crippen molar-refractivity contribution in [2.24, 2.45) is 0 Å². The maximum absolute atomic E-state index is 12.3. The van der Waals surface area contributed by atoms with Gasteiger partial charge in [0.2, 0.25) is 17.7 Å². The summed E-state index contributed by atoms with van der Waals surface area (Å²) in [5.41, 5.74) is 1.45. The monoisotopic (exact) mass is 360 g/mol. The molecule has 0 aliphatic carbocycles. The molecule has 7 heteroatoms. The Morgan fingerprint density at radius 1 is 1.19 bits per heavy atom. The van der Waals surface area contributed by atoms with Crippen LogP contribution in [0.25, 0.3) is 0 Å². The van der Waals surface area contributed by atoms with E-state index in [1.54, 1.807) is 27.8 Å². The van der Waals surface area contributed by atoms with Crippen molar-refractivity contribution in [3.8, 4) is 0 Å². The van der Waals surface area contributed by atoms with E-state index in [0.29, 0.717) is 31.7 Å². The highest BCUT2D eigenvalue weighted by Crippen LogP contribution is 2.24. The molecule has 0 spiro atoms. The van der Waals surface area contributed by atoms with Crippen molar-refractivity contribution in [3.05, 3.63) is 24.3 Å². The summed E-state index contributed by atoms with van der Waals surface area (Å²) in [5, 5.41) is 2.84. The van der Waals surface area contributed by atoms with Gasteiger partial charge in [-0.05, 0) is 45.5 Å². The maximum atomic E-state index is 12.3. The minimum atomic E-state index is -0.190. The summed E-state index contributed by atoms with van der Waals surface area (Å²) in [6, 6.07) is 7.29. The molecule has 1 aromatic rings. The summed E-state index contributed by atoms with van der Waals surface area (Å²) >= 11 is 0. The minimum Gasteiger partial charge on any atom is -0.342 e. The van der Waals surface area contributed by atoms with Gasteiger partial charge in [0.1, 0.15) is 0 Å². The van der Waals surface area contributed by atoms with E-state index in [4.69, 9.17) is 0 Å². The fraction of sp³-hybridized carbons (Fsp3) is 0.526. The second-order valence-corrected chi connectivity index (χ2v) is 6.49. The van der Waals surface area contributed by atoms with Crippen LogP contribution in [0.2, 0.25) is 0 Å². The normalized spacial score (nSPS) is 14.0. The number of nitrogens with one attached hydrogen (secondary N) is 1. The molecule has 1 fully saturated rings. The van der Waals surface area contributed by atoms with Gasteiger partial charge in [-0.15, -0.1) is 0 Å². The predicted octanol–water partition coefficient (Wildman–Crippen LogP) is 1.55. The van der Waals surface area contributed by atoms with E-state index < -0.39 is 0 Å². The Labute approximate surface area is 154 Å². The van der Waals surface area contributed by atoms with Crippen LogP contribution in [0.3, 0.4) is 0 Å². The number of rotatable bonds is 8. The van der Waals surface area contributed by atoms with Gasteiger partial charge in [-0.1, -0.05) is 6.07 Å². The van der Waals surface area contributed by atoms with E-state index in [9.17, 15) is 14.4 Å². The number of amides is 3. The number of carbonyl (C=O) groups excluding carboxylic acids is 3. The first-order valence-corrected chi connectivity index (χ1v) is 9.11. The molecule has 1 aliphatic rings. The van der Waals surface area contributed by atoms with Crippen molar-refractivity contribution in [1.82, 2.24) is 9.80 Å². The Balaban J connectivity index is 1.89. The highest BCUT2D eigenvalue weighted by atomic mass is 16.2. The molecule has 0 atom stereocenters. The van der Waals surface area contributed by atoms with Gasteiger partial charge in [0.15, 0.2) is 0 Å². The largest absolute Gasteiger partial charge is 0.342 e. The Morgan fingerprint density at radius 3 is 2.54 bits per heavy atom. The van der Waals surface area contributed by atoms with E-state index in [0.717, 1.165) is 12.1 Å². The lowest BCUT2D eigenvalue weighted by atomic mass is 10.2. The Hall–Kier alpha value is -2.41. The van der Waals surface area contributed by atoms with Gasteiger partial charge in [0.05, 0.1) is 13.1 Å². The molecule has 26 heavy (non-hydrogen) atoms. The smallest absolute Gasteiger partial charge is 0.238 e. The zero-order valence-corrected chi connectivity index (χ0v) is 15.8. The summed E-state index contributed by atoms with van der Waals surface area (Å²) in [6.07, 6.45) is 1.43. The number of likely N-dealkylation sites (N-methyl/N-ethyl adjacent to an activating group) is 2. The number of hydrogen-bond acceptors (Lipinski definition) is 4. The molecule has 1 aromatic carbocycles. The molecule has 142 valence electrons. The second-order valence-electron chi connectivity index (χ2n) is 6.49. The average Bonchev–Trinajstić information content (AvgIpc) is 3.02. The number of benzene rings is 1. The molecule has 0 aromatic heterocycles. The maximum Gasteiger partial charge on any atom is 0.238 e. The van der Waals surface area contributed by atoms with Crippen LogP contribution >= 0.6 is 0 Å². The van der Waals surface area contributed by atoms with E-state index in [-0.39, 0.29) is 30.8 Å². The predicted molar refractivity (Wildman–Crippen MR) is 102 cm³/mol. The molecule has 0 unspecified atom stereocenters. The fourth-order valence-electron chi connectivity index (χ4n) is 3.08. The lowest BCUT2D eigenvalue weighted by molar-refractivity contribution is -0.132. The van der Waals surface area contributed by atoms with Crippen molar-refractivity contribution < 1.29 is 14.4 Å². The van der Waals surface area contributed by atoms with E-state index in [1.807, 2.05) is 32.0 Å². The van der Waals surface area contributed by atoms with Crippen LogP contribution in [-0.4, -0.2) is 67.3 Å². The molecule has 0 bridgehead atoms. The van der Waals surface area contributed by atoms with Crippen molar-refractivity contribution >= 4 is 29.1 Å². The van der Waals surface area contributed by atoms with Gasteiger partial charge >= 0.3 is 0 Å². The summed E-state index contributed by atoms with van der Waals surface area (Å²) in [7, 11) is 1.75. The second kappa shape index (κ2) is 9.33. The van der Waals surface area contributed by atoms with E-state index in [2.05, 4.69) is 5.32 Å². The molecule has 1 aliphatic heterocycles. The standard InChI is InChI=1S/C19H28N4O3/c1-4-22(5-2)19(26)14-21(3)13-17(24)20-15-8-6-9-16(12-15)23-11-7-10-18(23)25/h6,8-9,12H,4-5,7,10-11,13-14H2,1-3H3,(H,20,24). The van der Waals surface area contributed by atoms with E-state index >= 15 is 0 Å². The molecule has 2 rings (SSSR count). The minimum absolute atomic E-state index is 0.0137. The number of anilines is 2. The lowest BCUT2D eigenvalue weighted by Gasteiger charge is -2.22. The van der Waals surface area contributed by atoms with Gasteiger partial charge in [0.25, 0.3) is 0 Å². The molecule has 1 heterocycles. The molecule has 7 nitrogen and oxygen atoms in total. The summed E-state index contributed by atoms with van der Waals surface area (Å²) in [5.74, 6) is -0.0623. The van der Waals surface area contributed by atoms with Crippen LogP contribution < -0.4 is 10.2 Å². The zero-order valence-electron chi connectivity index (χ0n) is 15.8. The van der Waals surface area contributed by atoms with Gasteiger partial charge < -0.3 is 15.1 Å². The Morgan fingerprint density at radius 2 is 1.92 bits per heavy atom. The zero-order chi connectivity index (χ0) is 19.1. The van der Waals surface area contributed by atoms with Crippen molar-refractivity contribution in [2.45, 2.75) is 26.7 Å². The van der Waals surface area contributed by atoms with Crippen LogP contribution in [0.15, 0.2) is 24.3 Å². The molecule has 0 radical (unpaired) electrons. The molecule has 0 saturated carbocycles. The third-order valence-electron chi connectivity index (χ3n) is 4.45. The van der Waals surface area contributed by atoms with Gasteiger partial charge in [0, 0.05) is 37.4 Å². The quantitative estimate of drug-likeness (QED) is 0.763. The third-order valence-corrected chi connectivity index (χ3v) is 4.45. The van der Waals surface area contributed by atoms with Gasteiger partial charge in [-0.25, -0.2) is 0 Å². The highest BCUT2D eigenvalue weighted by Gasteiger charge is 2.22. The average molecular weight is 360 g/mol. The SMILES string of the molecule is CCN(CC)C(=O)CN(C)CC(=O)Nc1cccc(N2CCCC2=O)c1. The molecule has 3 amide bonds. The lowest BCUT2D eigenvalue weighted by Crippen LogP contribution is -2.41. The summed E-state index contributed by atoms with van der Waals surface area (Å²) in [4.78, 5) is 41.4. The van der Waals surface area contributed by atoms with Crippen LogP contribution in [0, 0.1) is 0 Å². The van der Waals surface area contributed by atoms with Crippen molar-refractivity contribution in [3.63, 3.8) is 0 Å². The van der Waals surface area contributed by atoms with Crippen molar-refractivity contribution in [1.29, 1.82) is 0 Å². The van der Waals surface area contributed by atoms with Crippen molar-refractivity contribution in [2.75, 3.05) is 50.0 Å². The molecule has 1 saturated heterocycles.